The Bertz CT molecular complexity index is 888. The molecule has 2 atom stereocenters. The zero-order chi connectivity index (χ0) is 20.4. The van der Waals surface area contributed by atoms with Crippen LogP contribution in [0.1, 0.15) is 30.7 Å². The minimum Gasteiger partial charge on any atom is -0.494 e. The lowest BCUT2D eigenvalue weighted by Crippen LogP contribution is -2.41. The summed E-state index contributed by atoms with van der Waals surface area (Å²) in [5.41, 5.74) is 1.77. The van der Waals surface area contributed by atoms with Gasteiger partial charge in [-0.05, 0) is 48.4 Å². The number of carbonyl (C=O) groups is 2. The summed E-state index contributed by atoms with van der Waals surface area (Å²) < 4.78 is 6.63. The summed E-state index contributed by atoms with van der Waals surface area (Å²) in [6.45, 7) is 3.49. The number of imide groups is 1. The maximum Gasteiger partial charge on any atom is 0.251 e. The molecular formula is C22H23BrN2O3S. The number of ether oxygens (including phenoxy) is 1. The molecule has 2 aromatic rings. The second kappa shape index (κ2) is 8.90. The standard InChI is InChI=1S/C22H23BrN2O3S/c1-2-12-28-18-9-7-17(8-10-18)25-20(26)14-19(21(25)27)24-11-13-29-22(24)15-3-5-16(23)6-4-15/h3-10,19,22H,2,11-14H2,1H3/t19-,22+/m0/s1. The van der Waals surface area contributed by atoms with Crippen LogP contribution < -0.4 is 9.64 Å². The van der Waals surface area contributed by atoms with Crippen molar-refractivity contribution in [3.63, 3.8) is 0 Å². The van der Waals surface area contributed by atoms with Gasteiger partial charge in [0.05, 0.1) is 24.1 Å². The fourth-order valence-corrected chi connectivity index (χ4v) is 5.37. The number of amides is 2. The molecule has 0 radical (unpaired) electrons. The molecule has 0 aliphatic carbocycles. The second-order valence-electron chi connectivity index (χ2n) is 7.14. The van der Waals surface area contributed by atoms with E-state index in [2.05, 4.69) is 33.0 Å². The molecule has 0 N–H and O–H groups in total. The molecule has 0 unspecified atom stereocenters. The lowest BCUT2D eigenvalue weighted by Gasteiger charge is -2.28. The number of nitrogens with zero attached hydrogens (tertiary/aromatic N) is 2. The van der Waals surface area contributed by atoms with E-state index in [-0.39, 0.29) is 23.6 Å². The van der Waals surface area contributed by atoms with Crippen LogP contribution in [0.25, 0.3) is 0 Å². The summed E-state index contributed by atoms with van der Waals surface area (Å²) in [6.07, 6.45) is 1.15. The molecule has 2 heterocycles. The minimum atomic E-state index is -0.415. The van der Waals surface area contributed by atoms with Gasteiger partial charge in [-0.15, -0.1) is 11.8 Å². The van der Waals surface area contributed by atoms with Crippen molar-refractivity contribution in [3.8, 4) is 5.75 Å². The molecule has 0 bridgehead atoms. The van der Waals surface area contributed by atoms with Crippen LogP contribution in [-0.4, -0.2) is 41.7 Å². The second-order valence-corrected chi connectivity index (χ2v) is 9.25. The quantitative estimate of drug-likeness (QED) is 0.571. The number of carbonyl (C=O) groups excluding carboxylic acids is 2. The van der Waals surface area contributed by atoms with Gasteiger partial charge < -0.3 is 4.74 Å². The monoisotopic (exact) mass is 474 g/mol. The highest BCUT2D eigenvalue weighted by Gasteiger charge is 2.46. The summed E-state index contributed by atoms with van der Waals surface area (Å²) in [5, 5.41) is 0.0922. The zero-order valence-electron chi connectivity index (χ0n) is 16.2. The van der Waals surface area contributed by atoms with Gasteiger partial charge in [-0.1, -0.05) is 35.0 Å². The summed E-state index contributed by atoms with van der Waals surface area (Å²) in [7, 11) is 0. The molecule has 2 fully saturated rings. The maximum atomic E-state index is 13.2. The molecule has 29 heavy (non-hydrogen) atoms. The Morgan fingerprint density at radius 1 is 1.10 bits per heavy atom. The van der Waals surface area contributed by atoms with Gasteiger partial charge in [0.1, 0.15) is 11.8 Å². The van der Waals surface area contributed by atoms with Crippen molar-refractivity contribution < 1.29 is 14.3 Å². The van der Waals surface area contributed by atoms with Gasteiger partial charge in [-0.25, -0.2) is 4.90 Å². The van der Waals surface area contributed by atoms with Gasteiger partial charge >= 0.3 is 0 Å². The van der Waals surface area contributed by atoms with Gasteiger partial charge in [0.2, 0.25) is 5.91 Å². The first-order valence-corrected chi connectivity index (χ1v) is 11.6. The molecule has 152 valence electrons. The summed E-state index contributed by atoms with van der Waals surface area (Å²) in [5.74, 6) is 1.41. The number of hydrogen-bond acceptors (Lipinski definition) is 5. The van der Waals surface area contributed by atoms with Gasteiger partial charge in [-0.2, -0.15) is 0 Å². The number of thioether (sulfide) groups is 1. The van der Waals surface area contributed by atoms with E-state index < -0.39 is 6.04 Å². The van der Waals surface area contributed by atoms with E-state index in [1.807, 2.05) is 43.0 Å². The highest BCUT2D eigenvalue weighted by Crippen LogP contribution is 2.42. The van der Waals surface area contributed by atoms with Gasteiger partial charge in [0, 0.05) is 16.8 Å². The third-order valence-electron chi connectivity index (χ3n) is 5.17. The Hall–Kier alpha value is -1.83. The van der Waals surface area contributed by atoms with Gasteiger partial charge in [-0.3, -0.25) is 14.5 Å². The van der Waals surface area contributed by atoms with Crippen molar-refractivity contribution in [1.82, 2.24) is 4.90 Å². The predicted octanol–water partition coefficient (Wildman–Crippen LogP) is 4.62. The van der Waals surface area contributed by atoms with Crippen molar-refractivity contribution in [2.75, 3.05) is 23.8 Å². The third-order valence-corrected chi connectivity index (χ3v) is 6.98. The Kier molecular flexibility index (Phi) is 6.27. The van der Waals surface area contributed by atoms with Crippen LogP contribution in [0.5, 0.6) is 5.75 Å². The van der Waals surface area contributed by atoms with E-state index in [0.717, 1.165) is 34.5 Å². The number of benzene rings is 2. The number of halogens is 1. The molecule has 0 spiro atoms. The van der Waals surface area contributed by atoms with E-state index in [9.17, 15) is 9.59 Å². The van der Waals surface area contributed by atoms with Crippen LogP contribution >= 0.6 is 27.7 Å². The number of anilines is 1. The lowest BCUT2D eigenvalue weighted by molar-refractivity contribution is -0.123. The van der Waals surface area contributed by atoms with Crippen LogP contribution in [-0.2, 0) is 9.59 Å². The SMILES string of the molecule is CCCOc1ccc(N2C(=O)C[C@H](N3CCS[C@@H]3c3ccc(Br)cc3)C2=O)cc1. The molecule has 2 amide bonds. The van der Waals surface area contributed by atoms with E-state index >= 15 is 0 Å². The van der Waals surface area contributed by atoms with Gasteiger partial charge in [0.15, 0.2) is 0 Å². The van der Waals surface area contributed by atoms with Crippen molar-refractivity contribution in [2.24, 2.45) is 0 Å². The van der Waals surface area contributed by atoms with E-state index in [0.29, 0.717) is 12.3 Å². The molecule has 2 saturated heterocycles. The van der Waals surface area contributed by atoms with E-state index in [4.69, 9.17) is 4.74 Å². The predicted molar refractivity (Wildman–Crippen MR) is 119 cm³/mol. The number of hydrogen-bond donors (Lipinski definition) is 0. The highest BCUT2D eigenvalue weighted by atomic mass is 79.9. The molecule has 0 saturated carbocycles. The molecule has 5 nitrogen and oxygen atoms in total. The zero-order valence-corrected chi connectivity index (χ0v) is 18.6. The summed E-state index contributed by atoms with van der Waals surface area (Å²) >= 11 is 5.29. The average molecular weight is 475 g/mol. The normalized spacial score (nSPS) is 22.5. The third kappa shape index (κ3) is 4.22. The van der Waals surface area contributed by atoms with E-state index in [1.165, 1.54) is 4.90 Å². The molecule has 2 aromatic carbocycles. The van der Waals surface area contributed by atoms with Gasteiger partial charge in [0.25, 0.3) is 5.91 Å². The van der Waals surface area contributed by atoms with Crippen molar-refractivity contribution in [2.45, 2.75) is 31.2 Å². The van der Waals surface area contributed by atoms with Crippen molar-refractivity contribution >= 4 is 45.2 Å². The molecule has 7 heteroatoms. The molecule has 0 aromatic heterocycles. The van der Waals surface area contributed by atoms with Crippen LogP contribution in [0.4, 0.5) is 5.69 Å². The van der Waals surface area contributed by atoms with E-state index in [1.54, 1.807) is 12.1 Å². The first-order valence-electron chi connectivity index (χ1n) is 9.81. The maximum absolute atomic E-state index is 13.2. The Balaban J connectivity index is 1.52. The van der Waals surface area contributed by atoms with Crippen LogP contribution in [0.3, 0.4) is 0 Å². The summed E-state index contributed by atoms with van der Waals surface area (Å²) in [6, 6.07) is 15.0. The Morgan fingerprint density at radius 3 is 2.52 bits per heavy atom. The fraction of sp³-hybridized carbons (Fsp3) is 0.364. The lowest BCUT2D eigenvalue weighted by atomic mass is 10.1. The van der Waals surface area contributed by atoms with Crippen LogP contribution in [0.15, 0.2) is 53.0 Å². The van der Waals surface area contributed by atoms with Crippen LogP contribution in [0, 0.1) is 0 Å². The van der Waals surface area contributed by atoms with Crippen molar-refractivity contribution in [3.05, 3.63) is 58.6 Å². The fourth-order valence-electron chi connectivity index (χ4n) is 3.77. The molecule has 4 rings (SSSR count). The molecule has 2 aliphatic rings. The Labute approximate surface area is 183 Å². The van der Waals surface area contributed by atoms with Crippen molar-refractivity contribution in [1.29, 1.82) is 0 Å². The number of rotatable bonds is 6. The average Bonchev–Trinajstić information content (AvgIpc) is 3.32. The summed E-state index contributed by atoms with van der Waals surface area (Å²) in [4.78, 5) is 29.4. The largest absolute Gasteiger partial charge is 0.494 e. The molecule has 2 aliphatic heterocycles. The topological polar surface area (TPSA) is 49.9 Å². The Morgan fingerprint density at radius 2 is 1.83 bits per heavy atom. The van der Waals surface area contributed by atoms with Crippen LogP contribution in [0.2, 0.25) is 0 Å². The highest BCUT2D eigenvalue weighted by molar-refractivity contribution is 9.10. The molecular weight excluding hydrogens is 452 g/mol. The first kappa shape index (κ1) is 20.4. The minimum absolute atomic E-state index is 0.0922. The smallest absolute Gasteiger partial charge is 0.251 e. The first-order chi connectivity index (χ1) is 14.1.